The first-order valence-electron chi connectivity index (χ1n) is 7.15. The molecule has 0 saturated carbocycles. The van der Waals surface area contributed by atoms with E-state index in [1.54, 1.807) is 7.05 Å². The lowest BCUT2D eigenvalue weighted by molar-refractivity contribution is -0.957. The number of hydrogen-bond donors (Lipinski definition) is 0. The zero-order chi connectivity index (χ0) is 18.1. The second-order valence-corrected chi connectivity index (χ2v) is 6.10. The standard InChI is InChI=1S/C13H20F8NO.HI/c1-9(22(2)6-4-3-5-7-22)23-8-11(16,17)13(20,21)12(18,19)10(14)15;/h9-10H,3-8H2,1-2H3;1H/q+1;/p-1. The summed E-state index contributed by atoms with van der Waals surface area (Å²) in [7, 11) is 1.67. The Bertz CT molecular complexity index is 401. The van der Waals surface area contributed by atoms with Gasteiger partial charge in [0.05, 0.1) is 20.1 Å². The number of rotatable bonds is 7. The number of ether oxygens (including phenoxy) is 1. The number of nitrogens with zero attached hydrogens (tertiary/aromatic N) is 1. The zero-order valence-electron chi connectivity index (χ0n) is 13.2. The largest absolute Gasteiger partial charge is 1.00 e. The van der Waals surface area contributed by atoms with E-state index in [1.807, 2.05) is 0 Å². The van der Waals surface area contributed by atoms with Crippen LogP contribution in [0.15, 0.2) is 0 Å². The summed E-state index contributed by atoms with van der Waals surface area (Å²) in [5.41, 5.74) is 0. The molecular weight excluding hydrogens is 465 g/mol. The Morgan fingerprint density at radius 1 is 0.958 bits per heavy atom. The lowest BCUT2D eigenvalue weighted by Crippen LogP contribution is -3.00. The number of halogens is 9. The maximum atomic E-state index is 13.4. The van der Waals surface area contributed by atoms with Gasteiger partial charge in [-0.1, -0.05) is 0 Å². The van der Waals surface area contributed by atoms with E-state index in [9.17, 15) is 35.1 Å². The number of quaternary nitrogens is 1. The quantitative estimate of drug-likeness (QED) is 0.299. The molecule has 1 aliphatic heterocycles. The summed E-state index contributed by atoms with van der Waals surface area (Å²) < 4.78 is 107. The molecule has 0 aromatic heterocycles. The van der Waals surface area contributed by atoms with E-state index in [-0.39, 0.29) is 28.5 Å². The number of likely N-dealkylation sites (tertiary alicyclic amines) is 1. The van der Waals surface area contributed by atoms with Crippen LogP contribution in [0.2, 0.25) is 0 Å². The van der Waals surface area contributed by atoms with Crippen LogP contribution in [0.25, 0.3) is 0 Å². The summed E-state index contributed by atoms with van der Waals surface area (Å²) in [6.07, 6.45) is -3.33. The Morgan fingerprint density at radius 2 is 1.42 bits per heavy atom. The van der Waals surface area contributed by atoms with Crippen LogP contribution in [0.1, 0.15) is 26.2 Å². The van der Waals surface area contributed by atoms with E-state index in [0.29, 0.717) is 13.1 Å². The minimum atomic E-state index is -6.21. The molecule has 1 aliphatic rings. The van der Waals surface area contributed by atoms with E-state index in [1.165, 1.54) is 6.92 Å². The Hall–Kier alpha value is 0.0900. The summed E-state index contributed by atoms with van der Waals surface area (Å²) in [6.45, 7) is 0.439. The van der Waals surface area contributed by atoms with Gasteiger partial charge in [0, 0.05) is 6.92 Å². The van der Waals surface area contributed by atoms with Crippen molar-refractivity contribution in [2.75, 3.05) is 26.7 Å². The molecule has 24 heavy (non-hydrogen) atoms. The minimum absolute atomic E-state index is 0. The molecule has 1 saturated heterocycles. The Morgan fingerprint density at radius 3 is 1.83 bits per heavy atom. The normalized spacial score (nSPS) is 20.6. The monoisotopic (exact) mass is 485 g/mol. The van der Waals surface area contributed by atoms with Crippen molar-refractivity contribution in [3.63, 3.8) is 0 Å². The predicted octanol–water partition coefficient (Wildman–Crippen LogP) is 1.15. The smallest absolute Gasteiger partial charge is 0.380 e. The summed E-state index contributed by atoms with van der Waals surface area (Å²) in [5.74, 6) is -17.8. The molecule has 1 heterocycles. The van der Waals surface area contributed by atoms with Crippen LogP contribution in [-0.4, -0.2) is 61.6 Å². The Kier molecular flexibility index (Phi) is 8.22. The van der Waals surface area contributed by atoms with Gasteiger partial charge >= 0.3 is 24.2 Å². The molecule has 1 fully saturated rings. The van der Waals surface area contributed by atoms with Crippen molar-refractivity contribution in [2.24, 2.45) is 0 Å². The van der Waals surface area contributed by atoms with Gasteiger partial charge in [-0.3, -0.25) is 0 Å². The molecule has 1 rings (SSSR count). The molecule has 0 amide bonds. The van der Waals surface area contributed by atoms with Gasteiger partial charge < -0.3 is 33.2 Å². The van der Waals surface area contributed by atoms with Crippen molar-refractivity contribution >= 4 is 0 Å². The minimum Gasteiger partial charge on any atom is -1.00 e. The third-order valence-electron chi connectivity index (χ3n) is 4.37. The molecule has 2 nitrogen and oxygen atoms in total. The highest BCUT2D eigenvalue weighted by Gasteiger charge is 2.75. The van der Waals surface area contributed by atoms with E-state index in [4.69, 9.17) is 0 Å². The van der Waals surface area contributed by atoms with Crippen molar-refractivity contribution in [2.45, 2.75) is 56.6 Å². The Labute approximate surface area is 152 Å². The highest BCUT2D eigenvalue weighted by Crippen LogP contribution is 2.48. The zero-order valence-corrected chi connectivity index (χ0v) is 15.3. The molecule has 0 N–H and O–H groups in total. The van der Waals surface area contributed by atoms with Gasteiger partial charge in [0.1, 0.15) is 6.61 Å². The van der Waals surface area contributed by atoms with Gasteiger partial charge in [-0.2, -0.15) is 26.3 Å². The SMILES string of the molecule is CC(OCC(F)(F)C(F)(F)C(F)(F)C(F)F)[N+]1(C)CCCCC1.[I-]. The Balaban J connectivity index is 0.00000529. The van der Waals surface area contributed by atoms with Crippen molar-refractivity contribution in [3.05, 3.63) is 0 Å². The number of piperidine rings is 1. The molecule has 0 aromatic rings. The summed E-state index contributed by atoms with van der Waals surface area (Å²) in [4.78, 5) is 0. The van der Waals surface area contributed by atoms with Gasteiger partial charge in [-0.15, -0.1) is 0 Å². The van der Waals surface area contributed by atoms with Crippen LogP contribution in [-0.2, 0) is 4.74 Å². The molecule has 0 spiro atoms. The van der Waals surface area contributed by atoms with Crippen LogP contribution in [0.5, 0.6) is 0 Å². The lowest BCUT2D eigenvalue weighted by atomic mass is 10.1. The third-order valence-corrected chi connectivity index (χ3v) is 4.37. The van der Waals surface area contributed by atoms with Crippen molar-refractivity contribution in [1.29, 1.82) is 0 Å². The van der Waals surface area contributed by atoms with E-state index in [2.05, 4.69) is 4.74 Å². The third kappa shape index (κ3) is 4.63. The molecule has 11 heteroatoms. The second-order valence-electron chi connectivity index (χ2n) is 6.10. The first-order chi connectivity index (χ1) is 10.3. The van der Waals surface area contributed by atoms with Crippen LogP contribution < -0.4 is 24.0 Å². The average molecular weight is 485 g/mol. The van der Waals surface area contributed by atoms with E-state index < -0.39 is 37.0 Å². The molecule has 1 atom stereocenters. The van der Waals surface area contributed by atoms with Gasteiger partial charge in [-0.25, -0.2) is 8.78 Å². The molecular formula is C13H20F8INO. The highest BCUT2D eigenvalue weighted by atomic mass is 127. The maximum Gasteiger partial charge on any atom is 0.380 e. The number of hydrogen-bond acceptors (Lipinski definition) is 1. The van der Waals surface area contributed by atoms with Crippen LogP contribution in [0.3, 0.4) is 0 Å². The average Bonchev–Trinajstić information content (AvgIpc) is 2.44. The fourth-order valence-electron chi connectivity index (χ4n) is 2.47. The predicted molar refractivity (Wildman–Crippen MR) is 66.0 cm³/mol. The summed E-state index contributed by atoms with van der Waals surface area (Å²) >= 11 is 0. The van der Waals surface area contributed by atoms with Gasteiger partial charge in [0.25, 0.3) is 0 Å². The molecule has 0 bridgehead atoms. The maximum absolute atomic E-state index is 13.4. The van der Waals surface area contributed by atoms with Gasteiger partial charge in [0.15, 0.2) is 6.23 Å². The molecule has 0 aliphatic carbocycles. The van der Waals surface area contributed by atoms with Crippen LogP contribution >= 0.6 is 0 Å². The lowest BCUT2D eigenvalue weighted by Gasteiger charge is -2.42. The molecule has 0 aromatic carbocycles. The van der Waals surface area contributed by atoms with Crippen LogP contribution in [0, 0.1) is 0 Å². The van der Waals surface area contributed by atoms with Crippen molar-refractivity contribution in [1.82, 2.24) is 0 Å². The fraction of sp³-hybridized carbons (Fsp3) is 1.00. The van der Waals surface area contributed by atoms with E-state index >= 15 is 0 Å². The van der Waals surface area contributed by atoms with Crippen molar-refractivity contribution < 1.29 is 68.3 Å². The molecule has 1 unspecified atom stereocenters. The topological polar surface area (TPSA) is 9.23 Å². The van der Waals surface area contributed by atoms with E-state index in [0.717, 1.165) is 19.3 Å². The molecule has 0 radical (unpaired) electrons. The van der Waals surface area contributed by atoms with Crippen LogP contribution in [0.4, 0.5) is 35.1 Å². The summed E-state index contributed by atoms with van der Waals surface area (Å²) in [6, 6.07) is 0. The van der Waals surface area contributed by atoms with Gasteiger partial charge in [0.2, 0.25) is 0 Å². The van der Waals surface area contributed by atoms with Crippen molar-refractivity contribution in [3.8, 4) is 0 Å². The van der Waals surface area contributed by atoms with Gasteiger partial charge in [-0.05, 0) is 19.3 Å². The highest BCUT2D eigenvalue weighted by molar-refractivity contribution is 4.97. The first kappa shape index (κ1) is 24.1. The number of alkyl halides is 8. The molecule has 146 valence electrons. The fourth-order valence-corrected chi connectivity index (χ4v) is 2.47. The summed E-state index contributed by atoms with van der Waals surface area (Å²) in [5, 5.41) is 0. The first-order valence-corrected chi connectivity index (χ1v) is 7.15. The second kappa shape index (κ2) is 8.19.